The van der Waals surface area contributed by atoms with Crippen molar-refractivity contribution >= 4 is 30.1 Å². The summed E-state index contributed by atoms with van der Waals surface area (Å²) in [5.41, 5.74) is 6.40. The van der Waals surface area contributed by atoms with Gasteiger partial charge in [0.1, 0.15) is 12.4 Å². The molecule has 0 saturated heterocycles. The number of hydrazone groups is 1. The van der Waals surface area contributed by atoms with E-state index in [2.05, 4.69) is 23.7 Å². The topological polar surface area (TPSA) is 91.0 Å². The molecule has 0 aliphatic heterocycles. The molecule has 1 aliphatic rings. The monoisotopic (exact) mass is 451 g/mol. The summed E-state index contributed by atoms with van der Waals surface area (Å²) in [6.07, 6.45) is 1.66. The molecular formula is C22H31ClFN5O2. The van der Waals surface area contributed by atoms with E-state index in [1.165, 1.54) is 16.0 Å². The molecule has 0 heterocycles. The Morgan fingerprint density at radius 3 is 2.58 bits per heavy atom. The predicted molar refractivity (Wildman–Crippen MR) is 121 cm³/mol. The van der Waals surface area contributed by atoms with Gasteiger partial charge < -0.3 is 16.0 Å². The van der Waals surface area contributed by atoms with Crippen LogP contribution in [0.2, 0.25) is 5.02 Å². The molecule has 31 heavy (non-hydrogen) atoms. The second-order valence-electron chi connectivity index (χ2n) is 8.40. The molecule has 0 spiro atoms. The van der Waals surface area contributed by atoms with Crippen LogP contribution in [0.4, 0.5) is 4.39 Å². The molecule has 2 rings (SSSR count). The van der Waals surface area contributed by atoms with Gasteiger partial charge in [-0.25, -0.2) is 4.39 Å². The van der Waals surface area contributed by atoms with Crippen LogP contribution in [0.25, 0.3) is 0 Å². The molecule has 0 unspecified atom stereocenters. The largest absolute Gasteiger partial charge is 0.350 e. The molecule has 0 bridgehead atoms. The number of nitrogens with one attached hydrogen (secondary N) is 1. The summed E-state index contributed by atoms with van der Waals surface area (Å²) in [5.74, 6) is -1.21. The number of hydrogen-bond donors (Lipinski definition) is 2. The molecule has 0 aromatic heterocycles. The van der Waals surface area contributed by atoms with Crippen molar-refractivity contribution < 1.29 is 14.0 Å². The van der Waals surface area contributed by atoms with Crippen molar-refractivity contribution in [2.45, 2.75) is 52.2 Å². The summed E-state index contributed by atoms with van der Waals surface area (Å²) < 4.78 is 14.0. The van der Waals surface area contributed by atoms with E-state index in [9.17, 15) is 14.0 Å². The highest BCUT2D eigenvalue weighted by atomic mass is 35.5. The van der Waals surface area contributed by atoms with Crippen LogP contribution in [-0.4, -0.2) is 53.6 Å². The Labute approximate surface area is 188 Å². The first-order chi connectivity index (χ1) is 14.5. The summed E-state index contributed by atoms with van der Waals surface area (Å²) in [4.78, 5) is 26.9. The van der Waals surface area contributed by atoms with Crippen LogP contribution in [0.15, 0.2) is 35.6 Å². The Balaban J connectivity index is 2.00. The van der Waals surface area contributed by atoms with Crippen LogP contribution in [-0.2, 0) is 16.1 Å². The van der Waals surface area contributed by atoms with Crippen LogP contribution in [0, 0.1) is 11.2 Å². The van der Waals surface area contributed by atoms with Gasteiger partial charge >= 0.3 is 0 Å². The maximum absolute atomic E-state index is 14.0. The van der Waals surface area contributed by atoms with Gasteiger partial charge in [-0.2, -0.15) is 5.10 Å². The Morgan fingerprint density at radius 1 is 1.39 bits per heavy atom. The smallest absolute Gasteiger partial charge is 0.245 e. The fraction of sp³-hybridized carbons (Fsp3) is 0.500. The summed E-state index contributed by atoms with van der Waals surface area (Å²) in [6.45, 7) is 13.1. The van der Waals surface area contributed by atoms with E-state index in [4.69, 9.17) is 17.3 Å². The normalized spacial score (nSPS) is 14.5. The highest BCUT2D eigenvalue weighted by Crippen LogP contribution is 2.32. The summed E-state index contributed by atoms with van der Waals surface area (Å²) in [7, 11) is 0. The third-order valence-corrected chi connectivity index (χ3v) is 6.07. The van der Waals surface area contributed by atoms with Gasteiger partial charge in [0.2, 0.25) is 11.8 Å². The van der Waals surface area contributed by atoms with Crippen molar-refractivity contribution in [3.05, 3.63) is 46.9 Å². The molecule has 1 aromatic carbocycles. The van der Waals surface area contributed by atoms with Crippen LogP contribution < -0.4 is 11.1 Å². The fourth-order valence-electron chi connectivity index (χ4n) is 2.94. The van der Waals surface area contributed by atoms with Gasteiger partial charge in [0.15, 0.2) is 0 Å². The van der Waals surface area contributed by atoms with Crippen LogP contribution in [0.5, 0.6) is 0 Å². The van der Waals surface area contributed by atoms with Crippen molar-refractivity contribution in [1.29, 1.82) is 0 Å². The average molecular weight is 452 g/mol. The molecule has 1 aromatic rings. The molecular weight excluding hydrogens is 421 g/mol. The molecule has 1 saturated carbocycles. The van der Waals surface area contributed by atoms with Gasteiger partial charge in [0.25, 0.3) is 0 Å². The van der Waals surface area contributed by atoms with Crippen molar-refractivity contribution in [3.63, 3.8) is 0 Å². The van der Waals surface area contributed by atoms with Gasteiger partial charge in [-0.1, -0.05) is 44.2 Å². The molecule has 3 N–H and O–H groups in total. The third-order valence-electron chi connectivity index (χ3n) is 5.78. The van der Waals surface area contributed by atoms with E-state index in [1.807, 2.05) is 20.8 Å². The van der Waals surface area contributed by atoms with E-state index >= 15 is 0 Å². The maximum Gasteiger partial charge on any atom is 0.245 e. The highest BCUT2D eigenvalue weighted by Gasteiger charge is 2.36. The lowest BCUT2D eigenvalue weighted by Crippen LogP contribution is -2.47. The lowest BCUT2D eigenvalue weighted by atomic mass is 9.82. The number of carbonyl (C=O) groups excluding carboxylic acids is 2. The second kappa shape index (κ2) is 10.2. The first-order valence-electron chi connectivity index (χ1n) is 10.2. The SMILES string of the molecule is C=NN(CC(=O)N(CC(=O)NCc1cccc(Cl)c1F)C1CC1)C(=C)C(C)(C)[C@H](C)N. The van der Waals surface area contributed by atoms with Gasteiger partial charge in [-0.15, -0.1) is 0 Å². The molecule has 9 heteroatoms. The average Bonchev–Trinajstić information content (AvgIpc) is 3.55. The summed E-state index contributed by atoms with van der Waals surface area (Å²) >= 11 is 5.77. The number of amides is 2. The molecule has 1 aliphatic carbocycles. The van der Waals surface area contributed by atoms with Crippen molar-refractivity contribution in [2.75, 3.05) is 13.1 Å². The minimum absolute atomic E-state index is 0.00234. The number of benzene rings is 1. The summed E-state index contributed by atoms with van der Waals surface area (Å²) in [5, 5.41) is 8.01. The predicted octanol–water partition coefficient (Wildman–Crippen LogP) is 2.89. The number of nitrogens with two attached hydrogens (primary N) is 1. The van der Waals surface area contributed by atoms with Gasteiger partial charge in [0, 0.05) is 42.0 Å². The number of hydrogen-bond acceptors (Lipinski definition) is 5. The molecule has 7 nitrogen and oxygen atoms in total. The van der Waals surface area contributed by atoms with Crippen molar-refractivity contribution in [2.24, 2.45) is 16.3 Å². The molecule has 1 fully saturated rings. The quantitative estimate of drug-likeness (QED) is 0.400. The number of carbonyl (C=O) groups is 2. The number of rotatable bonds is 11. The fourth-order valence-corrected chi connectivity index (χ4v) is 3.14. The molecule has 170 valence electrons. The van der Waals surface area contributed by atoms with Crippen LogP contribution >= 0.6 is 11.6 Å². The zero-order chi connectivity index (χ0) is 23.3. The van der Waals surface area contributed by atoms with E-state index in [-0.39, 0.29) is 54.1 Å². The number of nitrogens with zero attached hydrogens (tertiary/aromatic N) is 3. The Bertz CT molecular complexity index is 854. The Kier molecular flexibility index (Phi) is 8.20. The van der Waals surface area contributed by atoms with E-state index < -0.39 is 11.2 Å². The standard InChI is InChI=1S/C22H31ClFN5O2/c1-14(25)22(3,4)15(2)29(26-5)13-20(31)28(17-9-10-17)12-19(30)27-11-16-7-6-8-18(23)21(16)24/h6-8,14,17H,2,5,9-13,25H2,1,3-4H3,(H,27,30)/t14-/m0/s1. The first kappa shape index (κ1) is 24.8. The highest BCUT2D eigenvalue weighted by molar-refractivity contribution is 6.30. The van der Waals surface area contributed by atoms with Crippen LogP contribution in [0.1, 0.15) is 39.2 Å². The Hall–Kier alpha value is -2.45. The van der Waals surface area contributed by atoms with Gasteiger partial charge in [-0.05, 0) is 25.8 Å². The molecule has 2 amide bonds. The van der Waals surface area contributed by atoms with E-state index in [0.29, 0.717) is 5.70 Å². The third kappa shape index (κ3) is 6.27. The second-order valence-corrected chi connectivity index (χ2v) is 8.81. The first-order valence-corrected chi connectivity index (χ1v) is 10.5. The van der Waals surface area contributed by atoms with Crippen molar-refractivity contribution in [3.8, 4) is 0 Å². The lowest BCUT2D eigenvalue weighted by Gasteiger charge is -2.36. The van der Waals surface area contributed by atoms with E-state index in [0.717, 1.165) is 12.8 Å². The van der Waals surface area contributed by atoms with E-state index in [1.54, 1.807) is 12.1 Å². The van der Waals surface area contributed by atoms with Gasteiger partial charge in [0.05, 0.1) is 11.6 Å². The zero-order valence-corrected chi connectivity index (χ0v) is 19.1. The lowest BCUT2D eigenvalue weighted by molar-refractivity contribution is -0.137. The van der Waals surface area contributed by atoms with Crippen molar-refractivity contribution in [1.82, 2.24) is 15.2 Å². The molecule has 0 radical (unpaired) electrons. The van der Waals surface area contributed by atoms with Crippen LogP contribution in [0.3, 0.4) is 0 Å². The Morgan fingerprint density at radius 2 is 2.03 bits per heavy atom. The minimum atomic E-state index is -0.567. The number of halogens is 2. The minimum Gasteiger partial charge on any atom is -0.350 e. The summed E-state index contributed by atoms with van der Waals surface area (Å²) in [6, 6.07) is 4.39. The van der Waals surface area contributed by atoms with Gasteiger partial charge in [-0.3, -0.25) is 14.6 Å². The zero-order valence-electron chi connectivity index (χ0n) is 18.3. The molecule has 1 atom stereocenters. The maximum atomic E-state index is 14.0.